The summed E-state index contributed by atoms with van der Waals surface area (Å²) in [7, 11) is 1.63. The Kier molecular flexibility index (Phi) is 3.04. The van der Waals surface area contributed by atoms with Gasteiger partial charge in [0.2, 0.25) is 0 Å². The van der Waals surface area contributed by atoms with E-state index in [9.17, 15) is 4.79 Å². The average molecular weight is 232 g/mol. The van der Waals surface area contributed by atoms with Gasteiger partial charge in [-0.1, -0.05) is 19.9 Å². The molecular formula is C13H16N2O2. The standard InChI is InChI=1S/C13H16N2O2/c1-8(2)9-4-5-10(12(6-9)17-3)11-7-13(16)15-14-11/h4-8H,1-3H3,(H2,14,15,16). The lowest BCUT2D eigenvalue weighted by molar-refractivity contribution is 0.415. The number of hydrogen-bond acceptors (Lipinski definition) is 2. The molecular weight excluding hydrogens is 216 g/mol. The molecule has 1 aromatic heterocycles. The van der Waals surface area contributed by atoms with Crippen LogP contribution in [0.2, 0.25) is 0 Å². The number of hydrogen-bond donors (Lipinski definition) is 2. The molecule has 0 aliphatic carbocycles. The van der Waals surface area contributed by atoms with Crippen molar-refractivity contribution in [2.24, 2.45) is 0 Å². The summed E-state index contributed by atoms with van der Waals surface area (Å²) in [6.45, 7) is 4.26. The third-order valence-corrected chi connectivity index (χ3v) is 2.78. The van der Waals surface area contributed by atoms with Crippen LogP contribution in [0.15, 0.2) is 29.1 Å². The van der Waals surface area contributed by atoms with Crippen molar-refractivity contribution in [1.82, 2.24) is 10.2 Å². The Labute approximate surface area is 99.6 Å². The molecule has 2 aromatic rings. The maximum atomic E-state index is 11.1. The summed E-state index contributed by atoms with van der Waals surface area (Å²) < 4.78 is 5.36. The molecule has 0 aliphatic rings. The highest BCUT2D eigenvalue weighted by molar-refractivity contribution is 5.67. The van der Waals surface area contributed by atoms with Gasteiger partial charge in [-0.25, -0.2) is 0 Å². The van der Waals surface area contributed by atoms with Crippen LogP contribution in [0.4, 0.5) is 0 Å². The molecule has 0 radical (unpaired) electrons. The maximum absolute atomic E-state index is 11.1. The van der Waals surface area contributed by atoms with Crippen molar-refractivity contribution in [3.63, 3.8) is 0 Å². The van der Waals surface area contributed by atoms with E-state index in [0.717, 1.165) is 17.0 Å². The second-order valence-electron chi connectivity index (χ2n) is 4.29. The summed E-state index contributed by atoms with van der Waals surface area (Å²) in [5.74, 6) is 1.22. The fourth-order valence-electron chi connectivity index (χ4n) is 1.77. The predicted octanol–water partition coefficient (Wildman–Crippen LogP) is 2.50. The highest BCUT2D eigenvalue weighted by atomic mass is 16.5. The molecule has 0 atom stereocenters. The van der Waals surface area contributed by atoms with Crippen molar-refractivity contribution >= 4 is 0 Å². The number of aromatic amines is 2. The number of H-pyrrole nitrogens is 2. The summed E-state index contributed by atoms with van der Waals surface area (Å²) in [6.07, 6.45) is 0. The van der Waals surface area contributed by atoms with E-state index in [0.29, 0.717) is 5.92 Å². The Morgan fingerprint density at radius 1 is 1.18 bits per heavy atom. The van der Waals surface area contributed by atoms with Gasteiger partial charge >= 0.3 is 0 Å². The molecule has 4 heteroatoms. The first-order valence-electron chi connectivity index (χ1n) is 5.58. The van der Waals surface area contributed by atoms with Crippen LogP contribution in [-0.2, 0) is 0 Å². The minimum Gasteiger partial charge on any atom is -0.496 e. The zero-order chi connectivity index (χ0) is 12.4. The number of rotatable bonds is 3. The van der Waals surface area contributed by atoms with E-state index in [1.165, 1.54) is 11.6 Å². The second-order valence-corrected chi connectivity index (χ2v) is 4.29. The Hall–Kier alpha value is -1.97. The minimum atomic E-state index is -0.144. The molecule has 0 fully saturated rings. The van der Waals surface area contributed by atoms with Crippen LogP contribution >= 0.6 is 0 Å². The molecule has 1 heterocycles. The van der Waals surface area contributed by atoms with E-state index >= 15 is 0 Å². The van der Waals surface area contributed by atoms with E-state index in [-0.39, 0.29) is 5.56 Å². The molecule has 17 heavy (non-hydrogen) atoms. The van der Waals surface area contributed by atoms with Crippen LogP contribution in [0.1, 0.15) is 25.3 Å². The quantitative estimate of drug-likeness (QED) is 0.854. The van der Waals surface area contributed by atoms with Gasteiger partial charge in [0.25, 0.3) is 5.56 Å². The molecule has 1 aromatic carbocycles. The summed E-state index contributed by atoms with van der Waals surface area (Å²) >= 11 is 0. The first kappa shape index (κ1) is 11.5. The van der Waals surface area contributed by atoms with Gasteiger partial charge in [0, 0.05) is 11.6 Å². The summed E-state index contributed by atoms with van der Waals surface area (Å²) in [5, 5.41) is 5.35. The van der Waals surface area contributed by atoms with Crippen LogP contribution < -0.4 is 10.3 Å². The van der Waals surface area contributed by atoms with Crippen molar-refractivity contribution < 1.29 is 4.74 Å². The summed E-state index contributed by atoms with van der Waals surface area (Å²) in [6, 6.07) is 7.54. The Morgan fingerprint density at radius 2 is 1.94 bits per heavy atom. The smallest absolute Gasteiger partial charge is 0.264 e. The molecule has 0 bridgehead atoms. The Bertz CT molecular complexity index is 567. The molecule has 2 N–H and O–H groups in total. The number of nitrogens with one attached hydrogen (secondary N) is 2. The van der Waals surface area contributed by atoms with Gasteiger partial charge in [-0.15, -0.1) is 0 Å². The zero-order valence-corrected chi connectivity index (χ0v) is 10.2. The average Bonchev–Trinajstić information content (AvgIpc) is 2.74. The molecule has 4 nitrogen and oxygen atoms in total. The van der Waals surface area contributed by atoms with Crippen LogP contribution in [0, 0.1) is 0 Å². The van der Waals surface area contributed by atoms with Gasteiger partial charge in [-0.2, -0.15) is 0 Å². The Balaban J connectivity index is 2.51. The predicted molar refractivity (Wildman–Crippen MR) is 67.5 cm³/mol. The van der Waals surface area contributed by atoms with E-state index in [4.69, 9.17) is 4.74 Å². The van der Waals surface area contributed by atoms with E-state index in [1.54, 1.807) is 7.11 Å². The summed E-state index contributed by atoms with van der Waals surface area (Å²) in [5.41, 5.74) is 2.69. The first-order chi connectivity index (χ1) is 8.11. The van der Waals surface area contributed by atoms with Gasteiger partial charge in [0.15, 0.2) is 0 Å². The van der Waals surface area contributed by atoms with E-state index in [2.05, 4.69) is 24.0 Å². The second kappa shape index (κ2) is 4.49. The van der Waals surface area contributed by atoms with Crippen LogP contribution in [0.25, 0.3) is 11.3 Å². The topological polar surface area (TPSA) is 57.9 Å². The maximum Gasteiger partial charge on any atom is 0.264 e. The third kappa shape index (κ3) is 2.25. The monoisotopic (exact) mass is 232 g/mol. The lowest BCUT2D eigenvalue weighted by Crippen LogP contribution is -1.94. The lowest BCUT2D eigenvalue weighted by atomic mass is 10.00. The van der Waals surface area contributed by atoms with Crippen molar-refractivity contribution in [2.75, 3.05) is 7.11 Å². The fraction of sp³-hybridized carbons (Fsp3) is 0.308. The number of aromatic nitrogens is 2. The van der Waals surface area contributed by atoms with Gasteiger partial charge < -0.3 is 4.74 Å². The highest BCUT2D eigenvalue weighted by Gasteiger charge is 2.10. The van der Waals surface area contributed by atoms with Crippen molar-refractivity contribution in [1.29, 1.82) is 0 Å². The van der Waals surface area contributed by atoms with Crippen molar-refractivity contribution in [2.45, 2.75) is 19.8 Å². The molecule has 0 spiro atoms. The first-order valence-corrected chi connectivity index (χ1v) is 5.58. The van der Waals surface area contributed by atoms with Crippen molar-refractivity contribution in [3.05, 3.63) is 40.2 Å². The molecule has 0 aliphatic heterocycles. The van der Waals surface area contributed by atoms with Gasteiger partial charge in [0.1, 0.15) is 5.75 Å². The van der Waals surface area contributed by atoms with Gasteiger partial charge in [0.05, 0.1) is 12.8 Å². The molecule has 0 saturated carbocycles. The van der Waals surface area contributed by atoms with Crippen LogP contribution in [0.5, 0.6) is 5.75 Å². The normalized spacial score (nSPS) is 10.8. The number of benzene rings is 1. The Morgan fingerprint density at radius 3 is 2.47 bits per heavy atom. The van der Waals surface area contributed by atoms with Gasteiger partial charge in [-0.3, -0.25) is 15.0 Å². The van der Waals surface area contributed by atoms with Crippen LogP contribution in [-0.4, -0.2) is 17.3 Å². The van der Waals surface area contributed by atoms with Crippen molar-refractivity contribution in [3.8, 4) is 17.0 Å². The molecule has 90 valence electrons. The van der Waals surface area contributed by atoms with Gasteiger partial charge in [-0.05, 0) is 23.6 Å². The number of methoxy groups -OCH3 is 1. The molecule has 0 amide bonds. The molecule has 0 saturated heterocycles. The van der Waals surface area contributed by atoms with Crippen LogP contribution in [0.3, 0.4) is 0 Å². The third-order valence-electron chi connectivity index (χ3n) is 2.78. The minimum absolute atomic E-state index is 0.144. The molecule has 2 rings (SSSR count). The zero-order valence-electron chi connectivity index (χ0n) is 10.2. The lowest BCUT2D eigenvalue weighted by Gasteiger charge is -2.11. The summed E-state index contributed by atoms with van der Waals surface area (Å²) in [4.78, 5) is 11.1. The largest absolute Gasteiger partial charge is 0.496 e. The number of ether oxygens (including phenoxy) is 1. The SMILES string of the molecule is COc1cc(C(C)C)ccc1-c1cc(=O)[nH][nH]1. The van der Waals surface area contributed by atoms with E-state index < -0.39 is 0 Å². The van der Waals surface area contributed by atoms with E-state index in [1.807, 2.05) is 18.2 Å². The fourth-order valence-corrected chi connectivity index (χ4v) is 1.77. The molecule has 0 unspecified atom stereocenters. The highest BCUT2D eigenvalue weighted by Crippen LogP contribution is 2.30.